The second-order valence-electron chi connectivity index (χ2n) is 20.0. The second-order valence-corrected chi connectivity index (χ2v) is 20.0. The van der Waals surface area contributed by atoms with Gasteiger partial charge in [0.15, 0.2) is 0 Å². The lowest BCUT2D eigenvalue weighted by atomic mass is 10.0. The summed E-state index contributed by atoms with van der Waals surface area (Å²) in [5.74, 6) is -0.0644. The number of carbonyl (C=O) groups excluding carboxylic acids is 2. The van der Waals surface area contributed by atoms with Crippen LogP contribution >= 0.6 is 0 Å². The van der Waals surface area contributed by atoms with E-state index in [1.54, 1.807) is 6.08 Å². The first-order chi connectivity index (χ1) is 32.5. The third-order valence-corrected chi connectivity index (χ3v) is 13.4. The highest BCUT2D eigenvalue weighted by Gasteiger charge is 2.18. The first kappa shape index (κ1) is 64.1. The summed E-state index contributed by atoms with van der Waals surface area (Å²) in [7, 11) is 0. The van der Waals surface area contributed by atoms with Crippen molar-refractivity contribution in [3.63, 3.8) is 0 Å². The summed E-state index contributed by atoms with van der Waals surface area (Å²) in [4.78, 5) is 24.4. The highest BCUT2D eigenvalue weighted by molar-refractivity contribution is 5.76. The van der Waals surface area contributed by atoms with Crippen molar-refractivity contribution in [3.05, 3.63) is 36.5 Å². The number of unbranched alkanes of at least 4 members (excludes halogenated alkanes) is 39. The van der Waals surface area contributed by atoms with E-state index in [1.807, 2.05) is 6.08 Å². The van der Waals surface area contributed by atoms with Crippen LogP contribution in [0.15, 0.2) is 36.5 Å². The van der Waals surface area contributed by atoms with Crippen LogP contribution in [0.1, 0.15) is 309 Å². The maximum atomic E-state index is 12.4. The van der Waals surface area contributed by atoms with E-state index in [9.17, 15) is 19.8 Å². The molecule has 0 aliphatic rings. The van der Waals surface area contributed by atoms with E-state index in [-0.39, 0.29) is 18.5 Å². The second kappa shape index (κ2) is 55.7. The molecule has 3 N–H and O–H groups in total. The summed E-state index contributed by atoms with van der Waals surface area (Å²) < 4.78 is 5.49. The molecule has 388 valence electrons. The fourth-order valence-corrected chi connectivity index (χ4v) is 8.90. The Morgan fingerprint density at radius 2 is 0.758 bits per heavy atom. The van der Waals surface area contributed by atoms with E-state index >= 15 is 0 Å². The van der Waals surface area contributed by atoms with Crippen LogP contribution in [0.2, 0.25) is 0 Å². The largest absolute Gasteiger partial charge is 0.466 e. The molecular formula is C60H113NO5. The molecule has 0 aromatic heterocycles. The molecule has 0 saturated heterocycles. The number of hydrogen-bond acceptors (Lipinski definition) is 5. The predicted molar refractivity (Wildman–Crippen MR) is 287 cm³/mol. The molecule has 0 rings (SSSR count). The van der Waals surface area contributed by atoms with Gasteiger partial charge in [-0.2, -0.15) is 0 Å². The van der Waals surface area contributed by atoms with Crippen LogP contribution in [0.5, 0.6) is 0 Å². The Morgan fingerprint density at radius 3 is 1.18 bits per heavy atom. The average Bonchev–Trinajstić information content (AvgIpc) is 3.32. The van der Waals surface area contributed by atoms with Gasteiger partial charge in [0.25, 0.3) is 0 Å². The molecule has 0 radical (unpaired) electrons. The van der Waals surface area contributed by atoms with Crippen molar-refractivity contribution in [1.29, 1.82) is 0 Å². The van der Waals surface area contributed by atoms with Crippen LogP contribution in [-0.2, 0) is 14.3 Å². The molecule has 6 nitrogen and oxygen atoms in total. The van der Waals surface area contributed by atoms with Crippen LogP contribution < -0.4 is 5.32 Å². The highest BCUT2D eigenvalue weighted by atomic mass is 16.5. The molecule has 6 heteroatoms. The maximum absolute atomic E-state index is 12.4. The zero-order valence-electron chi connectivity index (χ0n) is 44.2. The van der Waals surface area contributed by atoms with Gasteiger partial charge in [0.2, 0.25) is 5.91 Å². The molecule has 0 aliphatic carbocycles. The quantitative estimate of drug-likeness (QED) is 0.0321. The Hall–Kier alpha value is -1.92. The van der Waals surface area contributed by atoms with E-state index in [2.05, 4.69) is 43.5 Å². The predicted octanol–water partition coefficient (Wildman–Crippen LogP) is 18.0. The molecule has 0 aliphatic heterocycles. The summed E-state index contributed by atoms with van der Waals surface area (Å²) in [6.07, 6.45) is 69.0. The molecule has 2 unspecified atom stereocenters. The van der Waals surface area contributed by atoms with Crippen LogP contribution in [0.25, 0.3) is 0 Å². The Kier molecular flexibility index (Phi) is 54.1. The number of aliphatic hydroxyl groups is 2. The lowest BCUT2D eigenvalue weighted by Gasteiger charge is -2.20. The van der Waals surface area contributed by atoms with E-state index in [4.69, 9.17) is 4.74 Å². The van der Waals surface area contributed by atoms with Gasteiger partial charge in [0, 0.05) is 12.8 Å². The van der Waals surface area contributed by atoms with E-state index in [0.29, 0.717) is 19.4 Å². The number of rotatable bonds is 54. The number of esters is 1. The van der Waals surface area contributed by atoms with Gasteiger partial charge < -0.3 is 20.3 Å². The SMILES string of the molecule is CCCCC/C=C\C/C=C\CCCCCCCCCC(=O)OCCCCCCCCCCCCCCCCCCCCCCCCCC(=O)NC(CO)C(O)/C=C/CCCCCCCCC. The Morgan fingerprint density at radius 1 is 0.424 bits per heavy atom. The smallest absolute Gasteiger partial charge is 0.305 e. The third-order valence-electron chi connectivity index (χ3n) is 13.4. The van der Waals surface area contributed by atoms with Crippen molar-refractivity contribution in [2.45, 2.75) is 321 Å². The molecular weight excluding hydrogens is 815 g/mol. The average molecular weight is 929 g/mol. The number of carbonyl (C=O) groups is 2. The van der Waals surface area contributed by atoms with Crippen molar-refractivity contribution in [1.82, 2.24) is 5.32 Å². The summed E-state index contributed by atoms with van der Waals surface area (Å²) in [5, 5.41) is 22.9. The van der Waals surface area contributed by atoms with Crippen molar-refractivity contribution in [2.75, 3.05) is 13.2 Å². The summed E-state index contributed by atoms with van der Waals surface area (Å²) in [6.45, 7) is 4.85. The summed E-state index contributed by atoms with van der Waals surface area (Å²) in [6, 6.07) is -0.625. The number of ether oxygens (including phenoxy) is 1. The van der Waals surface area contributed by atoms with Gasteiger partial charge in [-0.1, -0.05) is 269 Å². The zero-order chi connectivity index (χ0) is 47.9. The number of hydrogen-bond donors (Lipinski definition) is 3. The van der Waals surface area contributed by atoms with Gasteiger partial charge in [-0.15, -0.1) is 0 Å². The van der Waals surface area contributed by atoms with Gasteiger partial charge in [0.1, 0.15) is 0 Å². The molecule has 1 amide bonds. The number of allylic oxidation sites excluding steroid dienone is 5. The molecule has 0 aromatic carbocycles. The van der Waals surface area contributed by atoms with Gasteiger partial charge in [-0.05, 0) is 64.2 Å². The normalized spacial score (nSPS) is 12.8. The van der Waals surface area contributed by atoms with Gasteiger partial charge >= 0.3 is 5.97 Å². The Bertz CT molecular complexity index is 1070. The monoisotopic (exact) mass is 928 g/mol. The van der Waals surface area contributed by atoms with Gasteiger partial charge in [-0.3, -0.25) is 9.59 Å². The first-order valence-electron chi connectivity index (χ1n) is 29.3. The van der Waals surface area contributed by atoms with E-state index < -0.39 is 12.1 Å². The van der Waals surface area contributed by atoms with E-state index in [1.165, 1.54) is 231 Å². The van der Waals surface area contributed by atoms with E-state index in [0.717, 1.165) is 51.4 Å². The molecule has 0 spiro atoms. The van der Waals surface area contributed by atoms with Crippen molar-refractivity contribution < 1.29 is 24.5 Å². The summed E-state index contributed by atoms with van der Waals surface area (Å²) >= 11 is 0. The van der Waals surface area contributed by atoms with Crippen molar-refractivity contribution in [3.8, 4) is 0 Å². The fourth-order valence-electron chi connectivity index (χ4n) is 8.90. The third kappa shape index (κ3) is 51.5. The molecule has 0 saturated carbocycles. The summed E-state index contributed by atoms with van der Waals surface area (Å²) in [5.41, 5.74) is 0. The Labute approximate surface area is 411 Å². The topological polar surface area (TPSA) is 95.9 Å². The molecule has 2 atom stereocenters. The Balaban J connectivity index is 3.35. The zero-order valence-corrected chi connectivity index (χ0v) is 44.2. The van der Waals surface area contributed by atoms with Gasteiger partial charge in [-0.25, -0.2) is 0 Å². The lowest BCUT2D eigenvalue weighted by molar-refractivity contribution is -0.143. The molecule has 0 fully saturated rings. The number of aliphatic hydroxyl groups excluding tert-OH is 2. The van der Waals surface area contributed by atoms with Crippen LogP contribution in [0.4, 0.5) is 0 Å². The lowest BCUT2D eigenvalue weighted by Crippen LogP contribution is -2.45. The standard InChI is InChI=1S/C60H113NO5/c1-3-5-7-9-11-13-14-15-16-24-28-31-34-38-42-46-50-54-60(65)66-55-51-47-43-39-35-32-29-26-23-21-19-17-18-20-22-25-27-30-33-37-41-45-49-53-59(64)61-57(56-62)58(63)52-48-44-40-36-12-10-8-6-4-2/h11,13,15-16,48,52,57-58,62-63H,3-10,12,14,17-47,49-51,53-56H2,1-2H3,(H,61,64)/b13-11-,16-15-,52-48+. The number of amides is 1. The van der Waals surface area contributed by atoms with Crippen LogP contribution in [0, 0.1) is 0 Å². The minimum absolute atomic E-state index is 0.00573. The van der Waals surface area contributed by atoms with Crippen molar-refractivity contribution >= 4 is 11.9 Å². The molecule has 0 heterocycles. The first-order valence-corrected chi connectivity index (χ1v) is 29.3. The minimum atomic E-state index is -0.842. The van der Waals surface area contributed by atoms with Crippen LogP contribution in [0.3, 0.4) is 0 Å². The van der Waals surface area contributed by atoms with Crippen LogP contribution in [-0.4, -0.2) is 47.4 Å². The van der Waals surface area contributed by atoms with Crippen molar-refractivity contribution in [2.24, 2.45) is 0 Å². The fraction of sp³-hybridized carbons (Fsp3) is 0.867. The number of nitrogens with one attached hydrogen (secondary N) is 1. The molecule has 66 heavy (non-hydrogen) atoms. The van der Waals surface area contributed by atoms with Gasteiger partial charge in [0.05, 0.1) is 25.4 Å². The molecule has 0 bridgehead atoms. The highest BCUT2D eigenvalue weighted by Crippen LogP contribution is 2.17. The maximum Gasteiger partial charge on any atom is 0.305 e. The minimum Gasteiger partial charge on any atom is -0.466 e. The molecule has 0 aromatic rings.